The molecule has 1 aromatic carbocycles. The predicted molar refractivity (Wildman–Crippen MR) is 64.8 cm³/mol. The second-order valence-corrected chi connectivity index (χ2v) is 5.42. The van der Waals surface area contributed by atoms with E-state index in [-0.39, 0.29) is 19.0 Å². The van der Waals surface area contributed by atoms with Crippen molar-refractivity contribution in [3.05, 3.63) is 24.3 Å². The number of benzene rings is 1. The van der Waals surface area contributed by atoms with E-state index in [0.29, 0.717) is 11.5 Å². The Kier molecular flexibility index (Phi) is 5.34. The Balaban J connectivity index is 2.42. The Morgan fingerprint density at radius 1 is 1.33 bits per heavy atom. The molecule has 0 unspecified atom stereocenters. The number of rotatable bonds is 6. The summed E-state index contributed by atoms with van der Waals surface area (Å²) in [4.78, 5) is 28.6. The highest BCUT2D eigenvalue weighted by atomic mass is 31.2. The minimum atomic E-state index is -4.04. The molecule has 0 atom stereocenters. The van der Waals surface area contributed by atoms with Crippen molar-refractivity contribution in [3.63, 3.8) is 0 Å². The van der Waals surface area contributed by atoms with E-state index in [2.05, 4.69) is 0 Å². The third kappa shape index (κ3) is 5.82. The zero-order chi connectivity index (χ0) is 13.6. The molecular formula is C11H15O6P. The monoisotopic (exact) mass is 274 g/mol. The van der Waals surface area contributed by atoms with Crippen LogP contribution in [0.15, 0.2) is 24.3 Å². The summed E-state index contributed by atoms with van der Waals surface area (Å²) in [5.41, 5.74) is 0. The molecule has 0 aliphatic heterocycles. The summed E-state index contributed by atoms with van der Waals surface area (Å²) in [6.07, 6.45) is -0.268. The van der Waals surface area contributed by atoms with Gasteiger partial charge in [0.15, 0.2) is 0 Å². The Morgan fingerprint density at radius 3 is 2.61 bits per heavy atom. The van der Waals surface area contributed by atoms with Crippen LogP contribution in [0.2, 0.25) is 0 Å². The molecule has 0 aliphatic rings. The number of carbonyl (C=O) groups is 1. The van der Waals surface area contributed by atoms with Gasteiger partial charge in [-0.05, 0) is 18.6 Å². The first kappa shape index (κ1) is 14.7. The quantitative estimate of drug-likeness (QED) is 0.464. The molecule has 0 aromatic heterocycles. The van der Waals surface area contributed by atoms with Crippen LogP contribution in [0.25, 0.3) is 0 Å². The molecule has 1 rings (SSSR count). The van der Waals surface area contributed by atoms with E-state index < -0.39 is 13.6 Å². The summed E-state index contributed by atoms with van der Waals surface area (Å²) < 4.78 is 20.5. The largest absolute Gasteiger partial charge is 0.497 e. The van der Waals surface area contributed by atoms with Crippen LogP contribution in [0.1, 0.15) is 12.8 Å². The Morgan fingerprint density at radius 2 is 2.00 bits per heavy atom. The molecule has 2 N–H and O–H groups in total. The SMILES string of the molecule is COc1cccc(OC(=O)CCCP(=O)(O)O)c1. The van der Waals surface area contributed by atoms with E-state index in [4.69, 9.17) is 19.3 Å². The number of ether oxygens (including phenoxy) is 2. The summed E-state index contributed by atoms with van der Waals surface area (Å²) in [6, 6.07) is 6.55. The molecule has 1 aromatic rings. The average Bonchev–Trinajstić information content (AvgIpc) is 2.27. The van der Waals surface area contributed by atoms with Gasteiger partial charge >= 0.3 is 13.6 Å². The van der Waals surface area contributed by atoms with Crippen molar-refractivity contribution < 1.29 is 28.6 Å². The van der Waals surface area contributed by atoms with E-state index in [0.717, 1.165) is 0 Å². The molecule has 0 bridgehead atoms. The van der Waals surface area contributed by atoms with Crippen molar-refractivity contribution in [2.24, 2.45) is 0 Å². The first-order chi connectivity index (χ1) is 8.40. The third-order valence-electron chi connectivity index (χ3n) is 2.10. The van der Waals surface area contributed by atoms with Crippen LogP contribution in [-0.2, 0) is 9.36 Å². The summed E-state index contributed by atoms with van der Waals surface area (Å²) in [5, 5.41) is 0. The van der Waals surface area contributed by atoms with Gasteiger partial charge in [0.25, 0.3) is 0 Å². The van der Waals surface area contributed by atoms with E-state index in [9.17, 15) is 9.36 Å². The van der Waals surface area contributed by atoms with Gasteiger partial charge in [-0.1, -0.05) is 6.07 Å². The van der Waals surface area contributed by atoms with Crippen LogP contribution in [0, 0.1) is 0 Å². The van der Waals surface area contributed by atoms with E-state index in [1.54, 1.807) is 24.3 Å². The molecule has 0 saturated carbocycles. The van der Waals surface area contributed by atoms with Crippen molar-refractivity contribution in [2.75, 3.05) is 13.3 Å². The Bertz CT molecular complexity index is 453. The zero-order valence-electron chi connectivity index (χ0n) is 9.91. The fourth-order valence-corrected chi connectivity index (χ4v) is 1.85. The lowest BCUT2D eigenvalue weighted by atomic mass is 10.3. The fourth-order valence-electron chi connectivity index (χ4n) is 1.28. The van der Waals surface area contributed by atoms with Crippen molar-refractivity contribution in [1.82, 2.24) is 0 Å². The molecular weight excluding hydrogens is 259 g/mol. The van der Waals surface area contributed by atoms with Gasteiger partial charge in [0.1, 0.15) is 11.5 Å². The highest BCUT2D eigenvalue weighted by molar-refractivity contribution is 7.51. The van der Waals surface area contributed by atoms with Gasteiger partial charge in [0.2, 0.25) is 0 Å². The van der Waals surface area contributed by atoms with Gasteiger partial charge < -0.3 is 19.3 Å². The lowest BCUT2D eigenvalue weighted by molar-refractivity contribution is -0.134. The molecule has 0 aliphatic carbocycles. The first-order valence-electron chi connectivity index (χ1n) is 5.30. The van der Waals surface area contributed by atoms with E-state index in [1.165, 1.54) is 7.11 Å². The molecule has 100 valence electrons. The average molecular weight is 274 g/mol. The highest BCUT2D eigenvalue weighted by Gasteiger charge is 2.14. The molecule has 0 amide bonds. The van der Waals surface area contributed by atoms with Crippen molar-refractivity contribution in [3.8, 4) is 11.5 Å². The summed E-state index contributed by atoms with van der Waals surface area (Å²) in [7, 11) is -2.54. The maximum atomic E-state index is 11.4. The van der Waals surface area contributed by atoms with Crippen LogP contribution in [0.3, 0.4) is 0 Å². The predicted octanol–water partition coefficient (Wildman–Crippen LogP) is 1.56. The number of esters is 1. The minimum Gasteiger partial charge on any atom is -0.497 e. The van der Waals surface area contributed by atoms with Gasteiger partial charge in [-0.3, -0.25) is 9.36 Å². The van der Waals surface area contributed by atoms with Crippen LogP contribution in [-0.4, -0.2) is 29.0 Å². The van der Waals surface area contributed by atoms with Crippen molar-refractivity contribution in [2.45, 2.75) is 12.8 Å². The molecule has 0 spiro atoms. The van der Waals surface area contributed by atoms with Gasteiger partial charge in [-0.25, -0.2) is 0 Å². The molecule has 0 radical (unpaired) electrons. The van der Waals surface area contributed by atoms with Crippen LogP contribution >= 0.6 is 7.60 Å². The van der Waals surface area contributed by atoms with E-state index >= 15 is 0 Å². The van der Waals surface area contributed by atoms with Crippen LogP contribution in [0.4, 0.5) is 0 Å². The second-order valence-electron chi connectivity index (χ2n) is 3.64. The number of methoxy groups -OCH3 is 1. The maximum absolute atomic E-state index is 11.4. The van der Waals surface area contributed by atoms with Gasteiger partial charge in [0, 0.05) is 12.5 Å². The standard InChI is InChI=1S/C11H15O6P/c1-16-9-4-2-5-10(8-9)17-11(12)6-3-7-18(13,14)15/h2,4-5,8H,3,6-7H2,1H3,(H2,13,14,15). The molecule has 0 saturated heterocycles. The molecule has 18 heavy (non-hydrogen) atoms. The summed E-state index contributed by atoms with van der Waals surface area (Å²) in [5.74, 6) is 0.378. The first-order valence-corrected chi connectivity index (χ1v) is 7.10. The van der Waals surface area contributed by atoms with Gasteiger partial charge in [-0.2, -0.15) is 0 Å². The normalized spacial score (nSPS) is 11.1. The minimum absolute atomic E-state index is 0.0394. The lowest BCUT2D eigenvalue weighted by Gasteiger charge is -2.06. The summed E-state index contributed by atoms with van der Waals surface area (Å²) >= 11 is 0. The van der Waals surface area contributed by atoms with Crippen LogP contribution < -0.4 is 9.47 Å². The van der Waals surface area contributed by atoms with Crippen molar-refractivity contribution >= 4 is 13.6 Å². The van der Waals surface area contributed by atoms with Gasteiger partial charge in [-0.15, -0.1) is 0 Å². The molecule has 0 fully saturated rings. The lowest BCUT2D eigenvalue weighted by Crippen LogP contribution is -2.08. The van der Waals surface area contributed by atoms with Gasteiger partial charge in [0.05, 0.1) is 13.3 Å². The number of hydrogen-bond donors (Lipinski definition) is 2. The molecule has 6 nitrogen and oxygen atoms in total. The summed E-state index contributed by atoms with van der Waals surface area (Å²) in [6.45, 7) is 0. The third-order valence-corrected chi connectivity index (χ3v) is 3.00. The topological polar surface area (TPSA) is 93.1 Å². The number of carbonyl (C=O) groups excluding carboxylic acids is 1. The molecule has 0 heterocycles. The fraction of sp³-hybridized carbons (Fsp3) is 0.364. The Hall–Kier alpha value is -1.36. The smallest absolute Gasteiger partial charge is 0.325 e. The number of hydrogen-bond acceptors (Lipinski definition) is 4. The maximum Gasteiger partial charge on any atom is 0.325 e. The highest BCUT2D eigenvalue weighted by Crippen LogP contribution is 2.35. The van der Waals surface area contributed by atoms with Crippen LogP contribution in [0.5, 0.6) is 11.5 Å². The van der Waals surface area contributed by atoms with Crippen molar-refractivity contribution in [1.29, 1.82) is 0 Å². The second kappa shape index (κ2) is 6.54. The van der Waals surface area contributed by atoms with E-state index in [1.807, 2.05) is 0 Å². The zero-order valence-corrected chi connectivity index (χ0v) is 10.8. The Labute approximate surface area is 105 Å². The molecule has 7 heteroatoms.